The van der Waals surface area contributed by atoms with Gasteiger partial charge in [-0.1, -0.05) is 24.8 Å². The Balaban J connectivity index is 1.77. The number of ether oxygens (including phenoxy) is 2. The molecule has 0 spiro atoms. The highest BCUT2D eigenvalue weighted by atomic mass is 32.2. The molecule has 0 atom stereocenters. The van der Waals surface area contributed by atoms with E-state index in [1.807, 2.05) is 6.07 Å². The van der Waals surface area contributed by atoms with E-state index >= 15 is 0 Å². The standard InChI is InChI=1S/C15H19N3O3S/c1-3-5-13-16-15(18-17-13)22-9-8-21-12-7-4-6-11(10-12)14(19)20-2/h4,6-7,10H,3,5,8-9H2,1-2H3,(H,16,17,18). The van der Waals surface area contributed by atoms with E-state index in [1.54, 1.807) is 18.2 Å². The monoisotopic (exact) mass is 321 g/mol. The van der Waals surface area contributed by atoms with Gasteiger partial charge < -0.3 is 9.47 Å². The van der Waals surface area contributed by atoms with Crippen LogP contribution in [0.1, 0.15) is 29.5 Å². The maximum atomic E-state index is 11.4. The predicted octanol–water partition coefficient (Wildman–Crippen LogP) is 2.71. The fourth-order valence-corrected chi connectivity index (χ4v) is 2.45. The maximum absolute atomic E-state index is 11.4. The predicted molar refractivity (Wildman–Crippen MR) is 84.4 cm³/mol. The van der Waals surface area contributed by atoms with Gasteiger partial charge in [-0.2, -0.15) is 0 Å². The number of carbonyl (C=O) groups excluding carboxylic acids is 1. The number of rotatable bonds is 8. The number of aryl methyl sites for hydroxylation is 1. The van der Waals surface area contributed by atoms with Crippen molar-refractivity contribution >= 4 is 17.7 Å². The van der Waals surface area contributed by atoms with Gasteiger partial charge in [-0.3, -0.25) is 5.10 Å². The van der Waals surface area contributed by atoms with Gasteiger partial charge in [-0.05, 0) is 24.6 Å². The number of nitrogens with zero attached hydrogens (tertiary/aromatic N) is 2. The zero-order valence-electron chi connectivity index (χ0n) is 12.7. The molecule has 2 aromatic rings. The van der Waals surface area contributed by atoms with Crippen molar-refractivity contribution in [2.24, 2.45) is 0 Å². The highest BCUT2D eigenvalue weighted by Crippen LogP contribution is 2.16. The van der Waals surface area contributed by atoms with Crippen molar-refractivity contribution in [3.8, 4) is 5.75 Å². The molecule has 7 heteroatoms. The van der Waals surface area contributed by atoms with E-state index in [9.17, 15) is 4.79 Å². The van der Waals surface area contributed by atoms with Gasteiger partial charge in [0, 0.05) is 12.2 Å². The fourth-order valence-electron chi connectivity index (χ4n) is 1.81. The lowest BCUT2D eigenvalue weighted by Gasteiger charge is -2.06. The minimum atomic E-state index is -0.371. The Morgan fingerprint density at radius 1 is 1.41 bits per heavy atom. The lowest BCUT2D eigenvalue weighted by Crippen LogP contribution is -2.04. The molecule has 0 radical (unpaired) electrons. The summed E-state index contributed by atoms with van der Waals surface area (Å²) in [7, 11) is 1.36. The van der Waals surface area contributed by atoms with Crippen molar-refractivity contribution in [2.75, 3.05) is 19.5 Å². The molecule has 0 fully saturated rings. The van der Waals surface area contributed by atoms with Crippen LogP contribution in [-0.4, -0.2) is 40.6 Å². The van der Waals surface area contributed by atoms with Gasteiger partial charge in [0.1, 0.15) is 11.6 Å². The minimum absolute atomic E-state index is 0.371. The van der Waals surface area contributed by atoms with Crippen molar-refractivity contribution in [1.29, 1.82) is 0 Å². The van der Waals surface area contributed by atoms with Crippen LogP contribution in [0.3, 0.4) is 0 Å². The molecule has 1 heterocycles. The van der Waals surface area contributed by atoms with Gasteiger partial charge in [0.05, 0.1) is 19.3 Å². The van der Waals surface area contributed by atoms with E-state index < -0.39 is 0 Å². The first-order valence-corrected chi connectivity index (χ1v) is 8.06. The number of thioether (sulfide) groups is 1. The summed E-state index contributed by atoms with van der Waals surface area (Å²) in [5, 5.41) is 7.79. The first-order valence-electron chi connectivity index (χ1n) is 7.08. The molecular weight excluding hydrogens is 302 g/mol. The second-order valence-electron chi connectivity index (χ2n) is 4.53. The molecule has 0 amide bonds. The highest BCUT2D eigenvalue weighted by Gasteiger charge is 2.07. The molecule has 2 rings (SSSR count). The van der Waals surface area contributed by atoms with E-state index in [0.29, 0.717) is 17.9 Å². The Morgan fingerprint density at radius 2 is 2.27 bits per heavy atom. The van der Waals surface area contributed by atoms with Crippen LogP contribution in [0.5, 0.6) is 5.75 Å². The first kappa shape index (κ1) is 16.4. The molecule has 0 saturated carbocycles. The van der Waals surface area contributed by atoms with Gasteiger partial charge in [0.2, 0.25) is 5.16 Å². The average molecular weight is 321 g/mol. The third-order valence-electron chi connectivity index (χ3n) is 2.84. The quantitative estimate of drug-likeness (QED) is 0.457. The summed E-state index contributed by atoms with van der Waals surface area (Å²) in [6, 6.07) is 6.93. The van der Waals surface area contributed by atoms with Gasteiger partial charge in [-0.15, -0.1) is 5.10 Å². The third kappa shape index (κ3) is 4.77. The summed E-state index contributed by atoms with van der Waals surface area (Å²) in [5.41, 5.74) is 0.478. The number of methoxy groups -OCH3 is 1. The molecule has 22 heavy (non-hydrogen) atoms. The van der Waals surface area contributed by atoms with Crippen LogP contribution < -0.4 is 4.74 Å². The Hall–Kier alpha value is -2.02. The molecule has 1 aromatic carbocycles. The smallest absolute Gasteiger partial charge is 0.337 e. The van der Waals surface area contributed by atoms with Gasteiger partial charge in [0.25, 0.3) is 0 Å². The second kappa shape index (κ2) is 8.43. The first-order chi connectivity index (χ1) is 10.7. The molecule has 0 aliphatic carbocycles. The molecule has 6 nitrogen and oxygen atoms in total. The molecule has 0 aliphatic heterocycles. The third-order valence-corrected chi connectivity index (χ3v) is 3.65. The molecular formula is C15H19N3O3S. The van der Waals surface area contributed by atoms with Crippen LogP contribution >= 0.6 is 11.8 Å². The Kier molecular flexibility index (Phi) is 6.27. The lowest BCUT2D eigenvalue weighted by atomic mass is 10.2. The largest absolute Gasteiger partial charge is 0.493 e. The number of H-pyrrole nitrogens is 1. The SMILES string of the molecule is CCCc1nc(SCCOc2cccc(C(=O)OC)c2)n[nH]1. The van der Waals surface area contributed by atoms with Gasteiger partial charge in [0.15, 0.2) is 0 Å². The summed E-state index contributed by atoms with van der Waals surface area (Å²) in [6.45, 7) is 2.61. The number of aromatic nitrogens is 3. The Labute approximate surface area is 133 Å². The van der Waals surface area contributed by atoms with E-state index in [2.05, 4.69) is 26.8 Å². The van der Waals surface area contributed by atoms with Crippen LogP contribution in [0.4, 0.5) is 0 Å². The number of aromatic amines is 1. The minimum Gasteiger partial charge on any atom is -0.493 e. The lowest BCUT2D eigenvalue weighted by molar-refractivity contribution is 0.0600. The average Bonchev–Trinajstić information content (AvgIpc) is 2.99. The number of esters is 1. The van der Waals surface area contributed by atoms with Crippen LogP contribution in [0, 0.1) is 0 Å². The van der Waals surface area contributed by atoms with Gasteiger partial charge in [-0.25, -0.2) is 9.78 Å². The van der Waals surface area contributed by atoms with Crippen molar-refractivity contribution in [3.05, 3.63) is 35.7 Å². The second-order valence-corrected chi connectivity index (χ2v) is 5.59. The molecule has 1 N–H and O–H groups in total. The summed E-state index contributed by atoms with van der Waals surface area (Å²) in [4.78, 5) is 15.8. The summed E-state index contributed by atoms with van der Waals surface area (Å²) >= 11 is 1.53. The van der Waals surface area contributed by atoms with E-state index in [1.165, 1.54) is 18.9 Å². The number of nitrogens with one attached hydrogen (secondary N) is 1. The van der Waals surface area contributed by atoms with Crippen molar-refractivity contribution in [2.45, 2.75) is 24.9 Å². The number of carbonyl (C=O) groups is 1. The van der Waals surface area contributed by atoms with E-state index in [0.717, 1.165) is 29.6 Å². The zero-order chi connectivity index (χ0) is 15.8. The number of hydrogen-bond donors (Lipinski definition) is 1. The summed E-state index contributed by atoms with van der Waals surface area (Å²) < 4.78 is 10.3. The molecule has 0 unspecified atom stereocenters. The zero-order valence-corrected chi connectivity index (χ0v) is 13.5. The summed E-state index contributed by atoms with van der Waals surface area (Å²) in [5.74, 6) is 1.91. The van der Waals surface area contributed by atoms with Crippen molar-refractivity contribution in [3.63, 3.8) is 0 Å². The molecule has 1 aromatic heterocycles. The van der Waals surface area contributed by atoms with Crippen LogP contribution in [-0.2, 0) is 11.2 Å². The topological polar surface area (TPSA) is 77.1 Å². The highest BCUT2D eigenvalue weighted by molar-refractivity contribution is 7.99. The Morgan fingerprint density at radius 3 is 3.05 bits per heavy atom. The van der Waals surface area contributed by atoms with E-state index in [-0.39, 0.29) is 5.97 Å². The fraction of sp³-hybridized carbons (Fsp3) is 0.400. The van der Waals surface area contributed by atoms with Crippen LogP contribution in [0.2, 0.25) is 0 Å². The number of benzene rings is 1. The number of hydrogen-bond acceptors (Lipinski definition) is 6. The van der Waals surface area contributed by atoms with Gasteiger partial charge >= 0.3 is 5.97 Å². The van der Waals surface area contributed by atoms with Crippen LogP contribution in [0.15, 0.2) is 29.4 Å². The molecule has 0 saturated heterocycles. The van der Waals surface area contributed by atoms with Crippen molar-refractivity contribution in [1.82, 2.24) is 15.2 Å². The molecule has 0 bridgehead atoms. The summed E-state index contributed by atoms with van der Waals surface area (Å²) in [6.07, 6.45) is 1.95. The molecule has 0 aliphatic rings. The molecule has 118 valence electrons. The van der Waals surface area contributed by atoms with E-state index in [4.69, 9.17) is 4.74 Å². The van der Waals surface area contributed by atoms with Crippen LogP contribution in [0.25, 0.3) is 0 Å². The van der Waals surface area contributed by atoms with Crippen molar-refractivity contribution < 1.29 is 14.3 Å². The Bertz CT molecular complexity index is 616. The maximum Gasteiger partial charge on any atom is 0.337 e. The normalized spacial score (nSPS) is 10.5.